The van der Waals surface area contributed by atoms with Crippen molar-refractivity contribution >= 4 is 21.8 Å². The van der Waals surface area contributed by atoms with Crippen molar-refractivity contribution in [3.63, 3.8) is 0 Å². The highest BCUT2D eigenvalue weighted by atomic mass is 79.9. The van der Waals surface area contributed by atoms with E-state index in [1.807, 2.05) is 26.8 Å². The van der Waals surface area contributed by atoms with Crippen molar-refractivity contribution in [2.24, 2.45) is 5.92 Å². The second-order valence-electron chi connectivity index (χ2n) is 5.26. The molecule has 1 amide bonds. The summed E-state index contributed by atoms with van der Waals surface area (Å²) in [5.41, 5.74) is 1.64. The predicted molar refractivity (Wildman–Crippen MR) is 82.9 cm³/mol. The van der Waals surface area contributed by atoms with Gasteiger partial charge in [0.2, 0.25) is 0 Å². The van der Waals surface area contributed by atoms with Gasteiger partial charge in [-0.05, 0) is 30.5 Å². The third kappa shape index (κ3) is 6.03. The lowest BCUT2D eigenvalue weighted by Gasteiger charge is -2.13. The standard InChI is InChI=1S/C15H22BrNO3/c1-10(2)8-20-9-13(18)7-17-15(19)12-5-4-11(3)14(16)6-12/h4-6,10,13,18H,7-9H2,1-3H3,(H,17,19). The summed E-state index contributed by atoms with van der Waals surface area (Å²) >= 11 is 3.39. The molecule has 0 radical (unpaired) electrons. The Balaban J connectivity index is 2.37. The highest BCUT2D eigenvalue weighted by molar-refractivity contribution is 9.10. The number of aliphatic hydroxyl groups excluding tert-OH is 1. The largest absolute Gasteiger partial charge is 0.389 e. The molecule has 1 rings (SSSR count). The Labute approximate surface area is 128 Å². The van der Waals surface area contributed by atoms with Crippen molar-refractivity contribution in [2.45, 2.75) is 26.9 Å². The van der Waals surface area contributed by atoms with Crippen LogP contribution in [0, 0.1) is 12.8 Å². The van der Waals surface area contributed by atoms with Gasteiger partial charge < -0.3 is 15.2 Å². The summed E-state index contributed by atoms with van der Waals surface area (Å²) in [6.45, 7) is 7.07. The zero-order valence-electron chi connectivity index (χ0n) is 12.1. The van der Waals surface area contributed by atoms with E-state index in [0.717, 1.165) is 10.0 Å². The molecule has 0 saturated carbocycles. The van der Waals surface area contributed by atoms with Gasteiger partial charge in [-0.3, -0.25) is 4.79 Å². The smallest absolute Gasteiger partial charge is 0.251 e. The number of rotatable bonds is 7. The van der Waals surface area contributed by atoms with Crippen molar-refractivity contribution in [3.05, 3.63) is 33.8 Å². The molecule has 2 N–H and O–H groups in total. The van der Waals surface area contributed by atoms with E-state index in [-0.39, 0.29) is 19.1 Å². The number of amides is 1. The number of ether oxygens (including phenoxy) is 1. The van der Waals surface area contributed by atoms with E-state index in [4.69, 9.17) is 4.74 Å². The van der Waals surface area contributed by atoms with Gasteiger partial charge in [0.25, 0.3) is 5.91 Å². The van der Waals surface area contributed by atoms with Gasteiger partial charge in [0.1, 0.15) is 0 Å². The van der Waals surface area contributed by atoms with Crippen LogP contribution in [0.4, 0.5) is 0 Å². The summed E-state index contributed by atoms with van der Waals surface area (Å²) in [5.74, 6) is 0.232. The second kappa shape index (κ2) is 8.39. The maximum absolute atomic E-state index is 11.9. The van der Waals surface area contributed by atoms with Gasteiger partial charge in [0.05, 0.1) is 12.7 Å². The monoisotopic (exact) mass is 343 g/mol. The fourth-order valence-corrected chi connectivity index (χ4v) is 1.92. The van der Waals surface area contributed by atoms with Crippen LogP contribution >= 0.6 is 15.9 Å². The Morgan fingerprint density at radius 1 is 1.40 bits per heavy atom. The average Bonchev–Trinajstić information content (AvgIpc) is 2.38. The molecule has 0 heterocycles. The maximum Gasteiger partial charge on any atom is 0.251 e. The van der Waals surface area contributed by atoms with Crippen molar-refractivity contribution in [1.29, 1.82) is 0 Å². The van der Waals surface area contributed by atoms with Gasteiger partial charge in [0, 0.05) is 23.2 Å². The average molecular weight is 344 g/mol. The fraction of sp³-hybridized carbons (Fsp3) is 0.533. The van der Waals surface area contributed by atoms with E-state index in [1.54, 1.807) is 12.1 Å². The second-order valence-corrected chi connectivity index (χ2v) is 6.11. The SMILES string of the molecule is Cc1ccc(C(=O)NCC(O)COCC(C)C)cc1Br. The number of halogens is 1. The Hall–Kier alpha value is -0.910. The molecule has 1 unspecified atom stereocenters. The van der Waals surface area contributed by atoms with Gasteiger partial charge in [-0.2, -0.15) is 0 Å². The molecular weight excluding hydrogens is 322 g/mol. The van der Waals surface area contributed by atoms with Crippen LogP contribution in [0.3, 0.4) is 0 Å². The van der Waals surface area contributed by atoms with Crippen LogP contribution in [0.2, 0.25) is 0 Å². The highest BCUT2D eigenvalue weighted by Gasteiger charge is 2.10. The normalized spacial score (nSPS) is 12.5. The first kappa shape index (κ1) is 17.1. The molecular formula is C15H22BrNO3. The zero-order valence-corrected chi connectivity index (χ0v) is 13.7. The molecule has 4 nitrogen and oxygen atoms in total. The number of hydrogen-bond acceptors (Lipinski definition) is 3. The lowest BCUT2D eigenvalue weighted by Crippen LogP contribution is -2.34. The Morgan fingerprint density at radius 2 is 2.10 bits per heavy atom. The number of carbonyl (C=O) groups excluding carboxylic acids is 1. The third-order valence-electron chi connectivity index (χ3n) is 2.69. The van der Waals surface area contributed by atoms with Crippen LogP contribution in [-0.4, -0.2) is 36.9 Å². The van der Waals surface area contributed by atoms with E-state index in [9.17, 15) is 9.90 Å². The molecule has 0 aliphatic carbocycles. The fourth-order valence-electron chi connectivity index (χ4n) is 1.55. The molecule has 0 saturated heterocycles. The predicted octanol–water partition coefficient (Wildman–Crippen LogP) is 2.52. The number of aryl methyl sites for hydroxylation is 1. The van der Waals surface area contributed by atoms with E-state index < -0.39 is 6.10 Å². The summed E-state index contributed by atoms with van der Waals surface area (Å²) in [6, 6.07) is 5.41. The molecule has 1 atom stereocenters. The molecule has 112 valence electrons. The first-order valence-electron chi connectivity index (χ1n) is 6.70. The summed E-state index contributed by atoms with van der Waals surface area (Å²) in [4.78, 5) is 11.9. The number of hydrogen-bond donors (Lipinski definition) is 2. The number of nitrogens with one attached hydrogen (secondary N) is 1. The topological polar surface area (TPSA) is 58.6 Å². The molecule has 1 aromatic carbocycles. The van der Waals surface area contributed by atoms with E-state index in [0.29, 0.717) is 18.1 Å². The van der Waals surface area contributed by atoms with Crippen LogP contribution in [0.1, 0.15) is 29.8 Å². The van der Waals surface area contributed by atoms with Crippen LogP contribution < -0.4 is 5.32 Å². The van der Waals surface area contributed by atoms with E-state index in [2.05, 4.69) is 21.2 Å². The number of aliphatic hydroxyl groups is 1. The van der Waals surface area contributed by atoms with Crippen molar-refractivity contribution < 1.29 is 14.6 Å². The number of carbonyl (C=O) groups is 1. The lowest BCUT2D eigenvalue weighted by atomic mass is 10.1. The molecule has 0 aliphatic heterocycles. The van der Waals surface area contributed by atoms with Crippen molar-refractivity contribution in [1.82, 2.24) is 5.32 Å². The molecule has 1 aromatic rings. The van der Waals surface area contributed by atoms with E-state index in [1.165, 1.54) is 0 Å². The van der Waals surface area contributed by atoms with Gasteiger partial charge >= 0.3 is 0 Å². The summed E-state index contributed by atoms with van der Waals surface area (Å²) < 4.78 is 6.22. The van der Waals surface area contributed by atoms with Gasteiger partial charge in [0.15, 0.2) is 0 Å². The van der Waals surface area contributed by atoms with E-state index >= 15 is 0 Å². The summed E-state index contributed by atoms with van der Waals surface area (Å²) in [5, 5.41) is 12.4. The molecule has 5 heteroatoms. The van der Waals surface area contributed by atoms with Crippen molar-refractivity contribution in [3.8, 4) is 0 Å². The van der Waals surface area contributed by atoms with Crippen LogP contribution in [0.25, 0.3) is 0 Å². The molecule has 0 aliphatic rings. The minimum atomic E-state index is -0.688. The van der Waals surface area contributed by atoms with Crippen LogP contribution in [-0.2, 0) is 4.74 Å². The van der Waals surface area contributed by atoms with Gasteiger partial charge in [-0.25, -0.2) is 0 Å². The first-order chi connectivity index (χ1) is 9.40. The Morgan fingerprint density at radius 3 is 2.70 bits per heavy atom. The number of benzene rings is 1. The maximum atomic E-state index is 11.9. The molecule has 0 fully saturated rings. The molecule has 20 heavy (non-hydrogen) atoms. The first-order valence-corrected chi connectivity index (χ1v) is 7.49. The lowest BCUT2D eigenvalue weighted by molar-refractivity contribution is 0.0259. The minimum absolute atomic E-state index is 0.183. The third-order valence-corrected chi connectivity index (χ3v) is 3.55. The summed E-state index contributed by atoms with van der Waals surface area (Å²) in [7, 11) is 0. The van der Waals surface area contributed by atoms with Crippen molar-refractivity contribution in [2.75, 3.05) is 19.8 Å². The Kier molecular flexibility index (Phi) is 7.19. The zero-order chi connectivity index (χ0) is 15.1. The van der Waals surface area contributed by atoms with Crippen LogP contribution in [0.15, 0.2) is 22.7 Å². The quantitative estimate of drug-likeness (QED) is 0.799. The molecule has 0 spiro atoms. The molecule has 0 bridgehead atoms. The summed E-state index contributed by atoms with van der Waals surface area (Å²) in [6.07, 6.45) is -0.688. The van der Waals surface area contributed by atoms with Gasteiger partial charge in [-0.15, -0.1) is 0 Å². The highest BCUT2D eigenvalue weighted by Crippen LogP contribution is 2.17. The van der Waals surface area contributed by atoms with Crippen LogP contribution in [0.5, 0.6) is 0 Å². The Bertz CT molecular complexity index is 449. The van der Waals surface area contributed by atoms with Gasteiger partial charge in [-0.1, -0.05) is 35.8 Å². The minimum Gasteiger partial charge on any atom is -0.389 e. The molecule has 0 aromatic heterocycles.